The lowest BCUT2D eigenvalue weighted by molar-refractivity contribution is -0.143. The van der Waals surface area contributed by atoms with Gasteiger partial charge in [0.15, 0.2) is 0 Å². The predicted octanol–water partition coefficient (Wildman–Crippen LogP) is 3.03. The molecule has 0 bridgehead atoms. The first-order chi connectivity index (χ1) is 10.8. The highest BCUT2D eigenvalue weighted by Crippen LogP contribution is 2.37. The average Bonchev–Trinajstić information content (AvgIpc) is 2.81. The van der Waals surface area contributed by atoms with Gasteiger partial charge in [-0.15, -0.1) is 0 Å². The van der Waals surface area contributed by atoms with Crippen molar-refractivity contribution in [2.24, 2.45) is 0 Å². The van der Waals surface area contributed by atoms with Crippen LogP contribution < -0.4 is 4.72 Å². The van der Waals surface area contributed by atoms with Gasteiger partial charge in [0.2, 0.25) is 15.1 Å². The maximum absolute atomic E-state index is 12.8. The number of carbonyl (C=O) groups is 1. The van der Waals surface area contributed by atoms with E-state index >= 15 is 0 Å². The molecule has 134 valence electrons. The van der Waals surface area contributed by atoms with E-state index < -0.39 is 49.6 Å². The topological polar surface area (TPSA) is 63.2 Å². The number of sulfonamides is 1. The van der Waals surface area contributed by atoms with Gasteiger partial charge >= 0.3 is 12.4 Å². The van der Waals surface area contributed by atoms with Crippen LogP contribution in [-0.4, -0.2) is 25.3 Å². The molecule has 1 N–H and O–H groups in total. The van der Waals surface area contributed by atoms with Crippen LogP contribution in [0.25, 0.3) is 0 Å². The number of alkyl halides is 6. The molecule has 0 aliphatic carbocycles. The van der Waals surface area contributed by atoms with Gasteiger partial charge in [0.05, 0.1) is 22.1 Å². The fourth-order valence-electron chi connectivity index (χ4n) is 1.94. The minimum atomic E-state index is -5.16. The molecule has 1 aliphatic rings. The molecule has 4 nitrogen and oxygen atoms in total. The highest BCUT2D eigenvalue weighted by molar-refractivity contribution is 8.14. The Kier molecular flexibility index (Phi) is 4.94. The first-order valence-electron chi connectivity index (χ1n) is 6.29. The molecule has 1 saturated heterocycles. The van der Waals surface area contributed by atoms with Gasteiger partial charge in [0, 0.05) is 5.75 Å². The Bertz CT molecular complexity index is 725. The summed E-state index contributed by atoms with van der Waals surface area (Å²) >= 11 is 0.830. The van der Waals surface area contributed by atoms with Gasteiger partial charge in [-0.2, -0.15) is 31.1 Å². The summed E-state index contributed by atoms with van der Waals surface area (Å²) in [5, 5.41) is -0.540. The molecule has 0 saturated carbocycles. The summed E-state index contributed by atoms with van der Waals surface area (Å²) in [5.74, 6) is 0.308. The van der Waals surface area contributed by atoms with Crippen LogP contribution in [0.4, 0.5) is 26.3 Å². The van der Waals surface area contributed by atoms with E-state index in [1.165, 1.54) is 0 Å². The number of hydrogen-bond donors (Lipinski definition) is 1. The van der Waals surface area contributed by atoms with Crippen molar-refractivity contribution < 1.29 is 39.6 Å². The fraction of sp³-hybridized carbons (Fsp3) is 0.417. The molecular formula is C12H9F6NO3S2. The summed E-state index contributed by atoms with van der Waals surface area (Å²) in [4.78, 5) is 10.2. The maximum Gasteiger partial charge on any atom is 0.416 e. The van der Waals surface area contributed by atoms with Crippen molar-refractivity contribution in [3.8, 4) is 0 Å². The number of rotatable bonds is 3. The Balaban J connectivity index is 2.50. The van der Waals surface area contributed by atoms with Crippen molar-refractivity contribution >= 4 is 26.9 Å². The average molecular weight is 393 g/mol. The Hall–Kier alpha value is -1.27. The van der Waals surface area contributed by atoms with Gasteiger partial charge in [-0.25, -0.2) is 8.42 Å². The third kappa shape index (κ3) is 4.22. The monoisotopic (exact) mass is 393 g/mol. The Morgan fingerprint density at radius 2 is 1.50 bits per heavy atom. The lowest BCUT2D eigenvalue weighted by atomic mass is 10.1. The van der Waals surface area contributed by atoms with E-state index in [-0.39, 0.29) is 24.6 Å². The van der Waals surface area contributed by atoms with Crippen LogP contribution in [0, 0.1) is 0 Å². The zero-order valence-electron chi connectivity index (χ0n) is 11.5. The van der Waals surface area contributed by atoms with Crippen LogP contribution in [0.1, 0.15) is 17.5 Å². The molecule has 2 rings (SSSR count). The molecule has 0 aromatic heterocycles. The van der Waals surface area contributed by atoms with Crippen LogP contribution in [-0.2, 0) is 27.2 Å². The first-order valence-corrected chi connectivity index (χ1v) is 8.76. The van der Waals surface area contributed by atoms with Crippen molar-refractivity contribution in [1.29, 1.82) is 0 Å². The predicted molar refractivity (Wildman–Crippen MR) is 72.6 cm³/mol. The summed E-state index contributed by atoms with van der Waals surface area (Å²) < 4.78 is 103. The molecule has 1 heterocycles. The van der Waals surface area contributed by atoms with E-state index in [1.54, 1.807) is 0 Å². The molecule has 1 aliphatic heterocycles. The summed E-state index contributed by atoms with van der Waals surface area (Å²) in [6, 6.07) is -1.15. The molecule has 12 heteroatoms. The van der Waals surface area contributed by atoms with Gasteiger partial charge in [-0.1, -0.05) is 11.8 Å². The second kappa shape index (κ2) is 6.23. The van der Waals surface area contributed by atoms with E-state index in [9.17, 15) is 39.6 Å². The van der Waals surface area contributed by atoms with Gasteiger partial charge < -0.3 is 0 Å². The Labute approximate surface area is 136 Å². The first kappa shape index (κ1) is 19.1. The van der Waals surface area contributed by atoms with Crippen LogP contribution in [0.5, 0.6) is 0 Å². The third-order valence-electron chi connectivity index (χ3n) is 3.10. The number of nitrogens with one attached hydrogen (secondary N) is 1. The van der Waals surface area contributed by atoms with Crippen molar-refractivity contribution in [2.75, 3.05) is 5.75 Å². The minimum Gasteiger partial charge on any atom is -0.285 e. The highest BCUT2D eigenvalue weighted by Gasteiger charge is 2.39. The van der Waals surface area contributed by atoms with Crippen molar-refractivity contribution in [3.05, 3.63) is 29.3 Å². The van der Waals surface area contributed by atoms with Crippen LogP contribution >= 0.6 is 11.8 Å². The quantitative estimate of drug-likeness (QED) is 0.802. The molecule has 1 fully saturated rings. The molecule has 1 aromatic carbocycles. The van der Waals surface area contributed by atoms with Crippen LogP contribution in [0.15, 0.2) is 23.1 Å². The molecule has 24 heavy (non-hydrogen) atoms. The molecule has 0 radical (unpaired) electrons. The third-order valence-corrected chi connectivity index (χ3v) is 5.56. The summed E-state index contributed by atoms with van der Waals surface area (Å²) in [7, 11) is -4.73. The van der Waals surface area contributed by atoms with E-state index in [1.807, 2.05) is 4.72 Å². The van der Waals surface area contributed by atoms with Gasteiger partial charge in [0.25, 0.3) is 0 Å². The van der Waals surface area contributed by atoms with Gasteiger partial charge in [-0.3, -0.25) is 4.79 Å². The van der Waals surface area contributed by atoms with E-state index in [2.05, 4.69) is 0 Å². The number of thioether (sulfide) groups is 1. The molecule has 1 aromatic rings. The van der Waals surface area contributed by atoms with Crippen molar-refractivity contribution in [2.45, 2.75) is 29.7 Å². The molecule has 1 atom stereocenters. The lowest BCUT2D eigenvalue weighted by Crippen LogP contribution is -2.37. The molecule has 0 amide bonds. The molecular weight excluding hydrogens is 384 g/mol. The molecule has 1 unspecified atom stereocenters. The second-order valence-corrected chi connectivity index (χ2v) is 7.68. The standard InChI is InChI=1S/C12H9F6NO3S2/c13-11(14,15)6-3-7(12(16,17)18)5-8(4-6)24(21,22)19-9-1-2-23-10(9)20/h3-5,9,19H,1-2H2. The van der Waals surface area contributed by atoms with Crippen LogP contribution in [0.2, 0.25) is 0 Å². The smallest absolute Gasteiger partial charge is 0.285 e. The number of carbonyl (C=O) groups excluding carboxylic acids is 1. The zero-order chi connectivity index (χ0) is 18.3. The maximum atomic E-state index is 12.8. The SMILES string of the molecule is O=C1SCCC1NS(=O)(=O)c1cc(C(F)(F)F)cc(C(F)(F)F)c1. The Morgan fingerprint density at radius 3 is 1.88 bits per heavy atom. The molecule has 0 spiro atoms. The van der Waals surface area contributed by atoms with E-state index in [0.29, 0.717) is 5.75 Å². The largest absolute Gasteiger partial charge is 0.416 e. The van der Waals surface area contributed by atoms with Gasteiger partial charge in [0.1, 0.15) is 0 Å². The number of halogens is 6. The van der Waals surface area contributed by atoms with E-state index in [0.717, 1.165) is 11.8 Å². The summed E-state index contributed by atoms with van der Waals surface area (Å²) in [6.45, 7) is 0. The number of benzene rings is 1. The van der Waals surface area contributed by atoms with Crippen molar-refractivity contribution in [1.82, 2.24) is 4.72 Å². The number of hydrogen-bond acceptors (Lipinski definition) is 4. The minimum absolute atomic E-state index is 0.101. The van der Waals surface area contributed by atoms with Crippen molar-refractivity contribution in [3.63, 3.8) is 0 Å². The zero-order valence-corrected chi connectivity index (χ0v) is 13.2. The summed E-state index contributed by atoms with van der Waals surface area (Å²) in [6.07, 6.45) is -10.2. The van der Waals surface area contributed by atoms with E-state index in [4.69, 9.17) is 0 Å². The van der Waals surface area contributed by atoms with Gasteiger partial charge in [-0.05, 0) is 24.6 Å². The lowest BCUT2D eigenvalue weighted by Gasteiger charge is -2.16. The Morgan fingerprint density at radius 1 is 1.00 bits per heavy atom. The normalized spacial score (nSPS) is 19.8. The van der Waals surface area contributed by atoms with Crippen LogP contribution in [0.3, 0.4) is 0 Å². The summed E-state index contributed by atoms with van der Waals surface area (Å²) in [5.41, 5.74) is -3.49. The fourth-order valence-corrected chi connectivity index (χ4v) is 4.25. The second-order valence-electron chi connectivity index (χ2n) is 4.87. The highest BCUT2D eigenvalue weighted by atomic mass is 32.2.